The third-order valence-electron chi connectivity index (χ3n) is 2.18. The summed E-state index contributed by atoms with van der Waals surface area (Å²) in [6, 6.07) is 29.4. The molecule has 0 heterocycles. The lowest BCUT2D eigenvalue weighted by molar-refractivity contribution is 0.475. The van der Waals surface area contributed by atoms with Crippen LogP contribution in [0.25, 0.3) is 0 Å². The van der Waals surface area contributed by atoms with Crippen LogP contribution in [0.5, 0.6) is 11.5 Å². The normalized spacial score (nSPS) is 8.00. The van der Waals surface area contributed by atoms with Crippen LogP contribution in [0.1, 0.15) is 0 Å². The van der Waals surface area contributed by atoms with Gasteiger partial charge >= 0.3 is 0 Å². The molecule has 0 aliphatic heterocycles. The summed E-state index contributed by atoms with van der Waals surface area (Å²) in [5, 5.41) is 17.3. The molecule has 1 atom stereocenters. The molecule has 3 aromatic carbocycles. The minimum absolute atomic E-state index is 0. The van der Waals surface area contributed by atoms with Gasteiger partial charge in [0.25, 0.3) is 0 Å². The van der Waals surface area contributed by atoms with Crippen molar-refractivity contribution in [1.82, 2.24) is 0 Å². The average molecular weight is 300 g/mol. The van der Waals surface area contributed by atoms with Crippen molar-refractivity contribution in [3.63, 3.8) is 0 Å². The molecule has 0 aliphatic carbocycles. The van der Waals surface area contributed by atoms with E-state index in [4.69, 9.17) is 10.2 Å². The van der Waals surface area contributed by atoms with Gasteiger partial charge in [-0.1, -0.05) is 72.8 Å². The Kier molecular flexibility index (Phi) is 11.3. The summed E-state index contributed by atoms with van der Waals surface area (Å²) >= 11 is 0. The van der Waals surface area contributed by atoms with Crippen molar-refractivity contribution >= 4 is 9.90 Å². The second kappa shape index (κ2) is 12.7. The quantitative estimate of drug-likeness (QED) is 0.599. The van der Waals surface area contributed by atoms with Crippen LogP contribution in [0.2, 0.25) is 0 Å². The number of phenols is 2. The number of rotatable bonds is 0. The van der Waals surface area contributed by atoms with Gasteiger partial charge in [0.15, 0.2) is 0 Å². The Morgan fingerprint density at radius 3 is 0.714 bits per heavy atom. The molecular weight excluding hydrogens is 279 g/mol. The number of phenolic OH excluding ortho intramolecular Hbond substituents is 2. The van der Waals surface area contributed by atoms with E-state index < -0.39 is 0 Å². The molecule has 1 unspecified atom stereocenters. The van der Waals surface area contributed by atoms with Gasteiger partial charge in [0.1, 0.15) is 11.5 Å². The Balaban J connectivity index is 0.000000280. The maximum absolute atomic E-state index is 8.63. The molecular formula is C18H21O2P. The molecule has 2 N–H and O–H groups in total. The number of aromatic hydroxyl groups is 2. The molecule has 2 nitrogen and oxygen atoms in total. The van der Waals surface area contributed by atoms with E-state index in [1.165, 1.54) is 0 Å². The van der Waals surface area contributed by atoms with Crippen LogP contribution in [-0.2, 0) is 0 Å². The summed E-state index contributed by atoms with van der Waals surface area (Å²) in [6.45, 7) is 0. The summed E-state index contributed by atoms with van der Waals surface area (Å²) in [5.74, 6) is 0.644. The molecule has 3 aromatic rings. The molecule has 21 heavy (non-hydrogen) atoms. The second-order valence-electron chi connectivity index (χ2n) is 3.83. The summed E-state index contributed by atoms with van der Waals surface area (Å²) in [7, 11) is 0. The van der Waals surface area contributed by atoms with Crippen molar-refractivity contribution in [2.45, 2.75) is 0 Å². The molecule has 0 saturated carbocycles. The fraction of sp³-hybridized carbons (Fsp3) is 0. The summed E-state index contributed by atoms with van der Waals surface area (Å²) in [4.78, 5) is 0. The molecule has 0 fully saturated rings. The maximum atomic E-state index is 8.63. The van der Waals surface area contributed by atoms with Gasteiger partial charge in [0.05, 0.1) is 0 Å². The first-order valence-corrected chi connectivity index (χ1v) is 6.27. The van der Waals surface area contributed by atoms with Gasteiger partial charge in [-0.2, -0.15) is 9.90 Å². The minimum Gasteiger partial charge on any atom is -0.508 e. The van der Waals surface area contributed by atoms with Gasteiger partial charge < -0.3 is 10.2 Å². The molecule has 0 aliphatic rings. The SMILES string of the molecule is Oc1ccccc1.Oc1ccccc1.P.c1ccccc1. The van der Waals surface area contributed by atoms with Gasteiger partial charge in [-0.05, 0) is 24.3 Å². The minimum atomic E-state index is 0. The van der Waals surface area contributed by atoms with E-state index in [0.717, 1.165) is 0 Å². The zero-order chi connectivity index (χ0) is 14.5. The molecule has 0 aromatic heterocycles. The monoisotopic (exact) mass is 300 g/mol. The Morgan fingerprint density at radius 2 is 0.571 bits per heavy atom. The summed E-state index contributed by atoms with van der Waals surface area (Å²) in [5.41, 5.74) is 0. The van der Waals surface area contributed by atoms with Crippen LogP contribution in [-0.4, -0.2) is 10.2 Å². The first-order valence-electron chi connectivity index (χ1n) is 6.27. The van der Waals surface area contributed by atoms with Gasteiger partial charge in [-0.25, -0.2) is 0 Å². The molecule has 110 valence electrons. The predicted octanol–water partition coefficient (Wildman–Crippen LogP) is 4.53. The average Bonchev–Trinajstić information content (AvgIpc) is 2.52. The van der Waals surface area contributed by atoms with Crippen molar-refractivity contribution in [3.8, 4) is 11.5 Å². The smallest absolute Gasteiger partial charge is 0.115 e. The molecule has 0 amide bonds. The van der Waals surface area contributed by atoms with Crippen LogP contribution >= 0.6 is 9.90 Å². The Hall–Kier alpha value is -2.31. The van der Waals surface area contributed by atoms with Crippen molar-refractivity contribution in [2.24, 2.45) is 0 Å². The van der Waals surface area contributed by atoms with Gasteiger partial charge in [-0.15, -0.1) is 0 Å². The largest absolute Gasteiger partial charge is 0.508 e. The highest BCUT2D eigenvalue weighted by molar-refractivity contribution is 6.92. The highest BCUT2D eigenvalue weighted by atomic mass is 31.0. The first-order chi connectivity index (χ1) is 9.79. The van der Waals surface area contributed by atoms with Crippen molar-refractivity contribution in [3.05, 3.63) is 97.1 Å². The van der Waals surface area contributed by atoms with Gasteiger partial charge in [0, 0.05) is 0 Å². The topological polar surface area (TPSA) is 40.5 Å². The van der Waals surface area contributed by atoms with Crippen LogP contribution in [0.15, 0.2) is 97.1 Å². The van der Waals surface area contributed by atoms with Crippen LogP contribution in [0, 0.1) is 0 Å². The third-order valence-corrected chi connectivity index (χ3v) is 2.18. The molecule has 3 heteroatoms. The van der Waals surface area contributed by atoms with Crippen LogP contribution in [0.4, 0.5) is 0 Å². The van der Waals surface area contributed by atoms with E-state index in [2.05, 4.69) is 0 Å². The van der Waals surface area contributed by atoms with E-state index in [-0.39, 0.29) is 9.90 Å². The lowest BCUT2D eigenvalue weighted by atomic mass is 10.3. The van der Waals surface area contributed by atoms with Crippen molar-refractivity contribution in [2.75, 3.05) is 0 Å². The van der Waals surface area contributed by atoms with Crippen molar-refractivity contribution < 1.29 is 10.2 Å². The van der Waals surface area contributed by atoms with Crippen LogP contribution in [0.3, 0.4) is 0 Å². The lowest BCUT2D eigenvalue weighted by Gasteiger charge is -1.82. The Labute approximate surface area is 129 Å². The zero-order valence-corrected chi connectivity index (χ0v) is 13.3. The van der Waals surface area contributed by atoms with E-state index in [9.17, 15) is 0 Å². The van der Waals surface area contributed by atoms with E-state index >= 15 is 0 Å². The number of benzene rings is 3. The highest BCUT2D eigenvalue weighted by Gasteiger charge is 1.75. The molecule has 0 bridgehead atoms. The Morgan fingerprint density at radius 1 is 0.381 bits per heavy atom. The predicted molar refractivity (Wildman–Crippen MR) is 93.8 cm³/mol. The summed E-state index contributed by atoms with van der Waals surface area (Å²) in [6.07, 6.45) is 0. The van der Waals surface area contributed by atoms with E-state index in [0.29, 0.717) is 11.5 Å². The third kappa shape index (κ3) is 11.2. The van der Waals surface area contributed by atoms with Gasteiger partial charge in [-0.3, -0.25) is 0 Å². The fourth-order valence-electron chi connectivity index (χ4n) is 1.24. The summed E-state index contributed by atoms with van der Waals surface area (Å²) < 4.78 is 0. The van der Waals surface area contributed by atoms with Crippen molar-refractivity contribution in [1.29, 1.82) is 0 Å². The van der Waals surface area contributed by atoms with E-state index in [1.54, 1.807) is 48.5 Å². The standard InChI is InChI=1S/2C6H6O.C6H6.H3P/c2*7-6-4-2-1-3-5-6;1-2-4-6-5-3-1;/h2*1-5,7H;1-6H;1H3. The molecule has 0 radical (unpaired) electrons. The number of para-hydroxylation sites is 2. The highest BCUT2D eigenvalue weighted by Crippen LogP contribution is 2.03. The Bertz CT molecular complexity index is 478. The fourth-order valence-corrected chi connectivity index (χ4v) is 1.24. The number of hydrogen-bond donors (Lipinski definition) is 2. The molecule has 0 saturated heterocycles. The zero-order valence-electron chi connectivity index (χ0n) is 11.8. The van der Waals surface area contributed by atoms with Gasteiger partial charge in [0.2, 0.25) is 0 Å². The maximum Gasteiger partial charge on any atom is 0.115 e. The number of hydrogen-bond acceptors (Lipinski definition) is 2. The molecule has 3 rings (SSSR count). The van der Waals surface area contributed by atoms with E-state index in [1.807, 2.05) is 48.5 Å². The second-order valence-corrected chi connectivity index (χ2v) is 3.83. The first kappa shape index (κ1) is 18.7. The van der Waals surface area contributed by atoms with Crippen LogP contribution < -0.4 is 0 Å². The lowest BCUT2D eigenvalue weighted by Crippen LogP contribution is -1.56. The molecule has 0 spiro atoms.